The monoisotopic (exact) mass is 424 g/mol. The zero-order valence-electron chi connectivity index (χ0n) is 13.4. The molecule has 1 aromatic heterocycles. The Morgan fingerprint density at radius 2 is 2.08 bits per heavy atom. The van der Waals surface area contributed by atoms with E-state index in [1.165, 1.54) is 17.5 Å². The summed E-state index contributed by atoms with van der Waals surface area (Å²) in [6.07, 6.45) is 1.53. The van der Waals surface area contributed by atoms with E-state index in [-0.39, 0.29) is 0 Å². The Labute approximate surface area is 162 Å². The number of rotatable bonds is 5. The van der Waals surface area contributed by atoms with Crippen molar-refractivity contribution in [2.45, 2.75) is 0 Å². The van der Waals surface area contributed by atoms with Crippen LogP contribution < -0.4 is 11.1 Å². The number of halogens is 1. The van der Waals surface area contributed by atoms with E-state index in [4.69, 9.17) is 5.73 Å². The summed E-state index contributed by atoms with van der Waals surface area (Å²) in [5.41, 5.74) is 8.39. The number of thiazole rings is 1. The third-order valence-corrected chi connectivity index (χ3v) is 4.91. The van der Waals surface area contributed by atoms with Gasteiger partial charge < -0.3 is 11.1 Å². The van der Waals surface area contributed by atoms with E-state index in [0.29, 0.717) is 21.8 Å². The molecule has 1 heterocycles. The van der Waals surface area contributed by atoms with Gasteiger partial charge in [-0.1, -0.05) is 40.2 Å². The second kappa shape index (κ2) is 7.95. The fraction of sp³-hybridized carbons (Fsp3) is 0. The molecule has 1 amide bonds. The molecule has 128 valence electrons. The number of carbonyl (C=O) groups excluding carboxylic acids is 1. The van der Waals surface area contributed by atoms with Crippen molar-refractivity contribution in [3.63, 3.8) is 0 Å². The number of nitrogens with one attached hydrogen (secondary N) is 1. The molecule has 0 unspecified atom stereocenters. The van der Waals surface area contributed by atoms with Gasteiger partial charge in [-0.3, -0.25) is 4.79 Å². The lowest BCUT2D eigenvalue weighted by Gasteiger charge is -2.06. The average Bonchev–Trinajstić information content (AvgIpc) is 3.12. The maximum Gasteiger partial charge on any atom is 0.250 e. The number of para-hydroxylation sites is 1. The summed E-state index contributed by atoms with van der Waals surface area (Å²) in [5, 5.41) is 14.9. The van der Waals surface area contributed by atoms with Crippen molar-refractivity contribution in [1.29, 1.82) is 5.26 Å². The Kier molecular flexibility index (Phi) is 5.46. The van der Waals surface area contributed by atoms with Crippen LogP contribution in [0.15, 0.2) is 64.6 Å². The molecule has 0 aliphatic carbocycles. The molecule has 2 aromatic carbocycles. The molecule has 26 heavy (non-hydrogen) atoms. The third-order valence-electron chi connectivity index (χ3n) is 3.54. The molecule has 3 rings (SSSR count). The number of amides is 1. The molecule has 0 saturated heterocycles. The molecule has 3 N–H and O–H groups in total. The molecule has 0 fully saturated rings. The summed E-state index contributed by atoms with van der Waals surface area (Å²) in [6, 6.07) is 16.8. The SMILES string of the molecule is N#CC(=CNc1ccccc1C(N)=O)c1nc(-c2cccc(Br)c2)cs1. The van der Waals surface area contributed by atoms with Crippen LogP contribution in [0.4, 0.5) is 5.69 Å². The summed E-state index contributed by atoms with van der Waals surface area (Å²) in [5.74, 6) is -0.536. The van der Waals surface area contributed by atoms with Gasteiger partial charge in [0.2, 0.25) is 0 Å². The molecule has 7 heteroatoms. The first-order valence-electron chi connectivity index (χ1n) is 7.56. The standard InChI is InChI=1S/C19H13BrN4OS/c20-14-5-3-4-12(8-14)17-11-26-19(24-17)13(9-21)10-23-16-7-2-1-6-15(16)18(22)25/h1-8,10-11,23H,(H2,22,25). The molecule has 0 bridgehead atoms. The molecule has 0 aliphatic rings. The van der Waals surface area contributed by atoms with Crippen molar-refractivity contribution >= 4 is 44.4 Å². The number of aromatic nitrogens is 1. The minimum atomic E-state index is -0.536. The maximum atomic E-state index is 11.5. The van der Waals surface area contributed by atoms with Gasteiger partial charge in [0.25, 0.3) is 5.91 Å². The van der Waals surface area contributed by atoms with Crippen LogP contribution in [0.1, 0.15) is 15.4 Å². The lowest BCUT2D eigenvalue weighted by molar-refractivity contribution is 0.100. The molecule has 0 saturated carbocycles. The summed E-state index contributed by atoms with van der Waals surface area (Å²) in [7, 11) is 0. The summed E-state index contributed by atoms with van der Waals surface area (Å²) in [6.45, 7) is 0. The highest BCUT2D eigenvalue weighted by Crippen LogP contribution is 2.28. The van der Waals surface area contributed by atoms with Gasteiger partial charge >= 0.3 is 0 Å². The molecule has 0 radical (unpaired) electrons. The Morgan fingerprint density at radius 1 is 1.27 bits per heavy atom. The van der Waals surface area contributed by atoms with Gasteiger partial charge in [-0.25, -0.2) is 4.98 Å². The van der Waals surface area contributed by atoms with Crippen molar-refractivity contribution in [2.24, 2.45) is 5.73 Å². The minimum Gasteiger partial charge on any atom is -0.366 e. The Balaban J connectivity index is 1.87. The van der Waals surface area contributed by atoms with Crippen LogP contribution in [0.3, 0.4) is 0 Å². The van der Waals surface area contributed by atoms with Crippen molar-refractivity contribution in [2.75, 3.05) is 5.32 Å². The summed E-state index contributed by atoms with van der Waals surface area (Å²) < 4.78 is 0.963. The van der Waals surface area contributed by atoms with Crippen molar-refractivity contribution < 1.29 is 4.79 Å². The number of primary amides is 1. The van der Waals surface area contributed by atoms with E-state index in [2.05, 4.69) is 32.3 Å². The number of anilines is 1. The van der Waals surface area contributed by atoms with Gasteiger partial charge in [0, 0.05) is 21.6 Å². The van der Waals surface area contributed by atoms with Gasteiger partial charge in [-0.2, -0.15) is 5.26 Å². The Hall–Kier alpha value is -2.95. The second-order valence-corrected chi connectivity index (χ2v) is 7.05. The maximum absolute atomic E-state index is 11.5. The first-order chi connectivity index (χ1) is 12.6. The van der Waals surface area contributed by atoms with Crippen LogP contribution in [0.5, 0.6) is 0 Å². The van der Waals surface area contributed by atoms with E-state index in [9.17, 15) is 10.1 Å². The highest BCUT2D eigenvalue weighted by molar-refractivity contribution is 9.10. The quantitative estimate of drug-likeness (QED) is 0.583. The van der Waals surface area contributed by atoms with E-state index in [1.807, 2.05) is 29.6 Å². The largest absolute Gasteiger partial charge is 0.366 e. The second-order valence-electron chi connectivity index (χ2n) is 5.27. The van der Waals surface area contributed by atoms with Crippen LogP contribution in [0, 0.1) is 11.3 Å². The molecular formula is C19H13BrN4OS. The van der Waals surface area contributed by atoms with Crippen LogP contribution in [0.25, 0.3) is 16.8 Å². The number of nitrogens with two attached hydrogens (primary N) is 1. The number of carbonyl (C=O) groups is 1. The number of nitrogens with zero attached hydrogens (tertiary/aromatic N) is 2. The first-order valence-corrected chi connectivity index (χ1v) is 9.23. The van der Waals surface area contributed by atoms with Crippen LogP contribution in [0.2, 0.25) is 0 Å². The number of allylic oxidation sites excluding steroid dienone is 1. The van der Waals surface area contributed by atoms with Gasteiger partial charge in [0.15, 0.2) is 0 Å². The zero-order valence-corrected chi connectivity index (χ0v) is 15.8. The number of benzene rings is 2. The lowest BCUT2D eigenvalue weighted by atomic mass is 10.1. The lowest BCUT2D eigenvalue weighted by Crippen LogP contribution is -2.13. The molecule has 5 nitrogen and oxygen atoms in total. The highest BCUT2D eigenvalue weighted by atomic mass is 79.9. The third kappa shape index (κ3) is 3.99. The predicted octanol–water partition coefficient (Wildman–Crippen LogP) is 4.65. The van der Waals surface area contributed by atoms with E-state index in [1.54, 1.807) is 24.3 Å². The molecule has 3 aromatic rings. The van der Waals surface area contributed by atoms with Crippen LogP contribution in [-0.2, 0) is 0 Å². The van der Waals surface area contributed by atoms with Crippen molar-refractivity contribution in [3.05, 3.63) is 75.2 Å². The smallest absolute Gasteiger partial charge is 0.250 e. The highest BCUT2D eigenvalue weighted by Gasteiger charge is 2.10. The molecule has 0 spiro atoms. The fourth-order valence-electron chi connectivity index (χ4n) is 2.29. The van der Waals surface area contributed by atoms with E-state index >= 15 is 0 Å². The van der Waals surface area contributed by atoms with Crippen molar-refractivity contribution in [1.82, 2.24) is 4.98 Å². The van der Waals surface area contributed by atoms with Gasteiger partial charge in [-0.05, 0) is 24.3 Å². The topological polar surface area (TPSA) is 91.8 Å². The average molecular weight is 425 g/mol. The summed E-state index contributed by atoms with van der Waals surface area (Å²) >= 11 is 4.82. The number of hydrogen-bond donors (Lipinski definition) is 2. The normalized spacial score (nSPS) is 11.0. The van der Waals surface area contributed by atoms with Crippen LogP contribution in [-0.4, -0.2) is 10.9 Å². The van der Waals surface area contributed by atoms with E-state index in [0.717, 1.165) is 15.7 Å². The Bertz CT molecular complexity index is 1040. The minimum absolute atomic E-state index is 0.356. The Morgan fingerprint density at radius 3 is 2.81 bits per heavy atom. The molecule has 0 atom stereocenters. The predicted molar refractivity (Wildman–Crippen MR) is 107 cm³/mol. The van der Waals surface area contributed by atoms with Crippen LogP contribution >= 0.6 is 27.3 Å². The fourth-order valence-corrected chi connectivity index (χ4v) is 3.49. The molecular weight excluding hydrogens is 412 g/mol. The summed E-state index contributed by atoms with van der Waals surface area (Å²) in [4.78, 5) is 16.0. The van der Waals surface area contributed by atoms with Gasteiger partial charge in [-0.15, -0.1) is 11.3 Å². The first kappa shape index (κ1) is 17.9. The van der Waals surface area contributed by atoms with Gasteiger partial charge in [0.1, 0.15) is 16.6 Å². The van der Waals surface area contributed by atoms with Crippen molar-refractivity contribution in [3.8, 4) is 17.3 Å². The van der Waals surface area contributed by atoms with Gasteiger partial charge in [0.05, 0.1) is 16.9 Å². The van der Waals surface area contributed by atoms with E-state index < -0.39 is 5.91 Å². The number of hydrogen-bond acceptors (Lipinski definition) is 5. The zero-order chi connectivity index (χ0) is 18.5. The molecule has 0 aliphatic heterocycles. The number of nitriles is 1.